The number of rotatable bonds is 5. The van der Waals surface area contributed by atoms with Crippen molar-refractivity contribution in [3.05, 3.63) is 76.0 Å². The second-order valence-corrected chi connectivity index (χ2v) is 8.83. The number of nitrogens with one attached hydrogen (secondary N) is 1. The van der Waals surface area contributed by atoms with Gasteiger partial charge >= 0.3 is 0 Å². The number of hydrogen-bond donors (Lipinski definition) is 1. The van der Waals surface area contributed by atoms with Crippen molar-refractivity contribution in [3.63, 3.8) is 0 Å². The lowest BCUT2D eigenvalue weighted by Gasteiger charge is -2.21. The van der Waals surface area contributed by atoms with Gasteiger partial charge in [0.05, 0.1) is 23.2 Å². The van der Waals surface area contributed by atoms with Gasteiger partial charge in [0.1, 0.15) is 23.9 Å². The fourth-order valence-corrected chi connectivity index (χ4v) is 4.84. The van der Waals surface area contributed by atoms with Crippen LogP contribution in [0.5, 0.6) is 11.5 Å². The molecule has 1 atom stereocenters. The van der Waals surface area contributed by atoms with Gasteiger partial charge in [-0.1, -0.05) is 18.2 Å². The molecule has 6 nitrogen and oxygen atoms in total. The summed E-state index contributed by atoms with van der Waals surface area (Å²) in [4.78, 5) is 14.5. The first-order chi connectivity index (χ1) is 15.5. The highest BCUT2D eigenvalue weighted by atomic mass is 32.1. The summed E-state index contributed by atoms with van der Waals surface area (Å²) in [7, 11) is 0. The zero-order chi connectivity index (χ0) is 22.2. The SMILES string of the molecule is Cc1nn(Cc2ccc(F)cc2)c2sc(C(=O)N[C@H](C)c3ccc4c(c3)OCCO4)cc12. The lowest BCUT2D eigenvalue weighted by Crippen LogP contribution is -2.26. The van der Waals surface area contributed by atoms with E-state index in [-0.39, 0.29) is 17.8 Å². The van der Waals surface area contributed by atoms with Gasteiger partial charge in [0.2, 0.25) is 0 Å². The zero-order valence-electron chi connectivity index (χ0n) is 17.7. The predicted octanol–water partition coefficient (Wildman–Crippen LogP) is 4.86. The Labute approximate surface area is 188 Å². The molecule has 3 heterocycles. The summed E-state index contributed by atoms with van der Waals surface area (Å²) in [6.07, 6.45) is 0. The van der Waals surface area contributed by atoms with Crippen LogP contribution in [0.4, 0.5) is 4.39 Å². The zero-order valence-corrected chi connectivity index (χ0v) is 18.5. The summed E-state index contributed by atoms with van der Waals surface area (Å²) in [5.41, 5.74) is 2.75. The third-order valence-electron chi connectivity index (χ3n) is 5.49. The van der Waals surface area contributed by atoms with E-state index in [9.17, 15) is 9.18 Å². The molecule has 8 heteroatoms. The lowest BCUT2D eigenvalue weighted by molar-refractivity contribution is 0.0944. The third-order valence-corrected chi connectivity index (χ3v) is 6.64. The molecule has 2 aromatic heterocycles. The smallest absolute Gasteiger partial charge is 0.261 e. The Hall–Kier alpha value is -3.39. The number of benzene rings is 2. The van der Waals surface area contributed by atoms with E-state index in [4.69, 9.17) is 9.47 Å². The molecule has 5 rings (SSSR count). The average molecular weight is 452 g/mol. The standard InChI is InChI=1S/C24H22FN3O3S/c1-14(17-5-8-20-21(11-17)31-10-9-30-20)26-23(29)22-12-19-15(2)27-28(24(19)32-22)13-16-3-6-18(25)7-4-16/h3-8,11-12,14H,9-10,13H2,1-2H3,(H,26,29)/t14-/m1/s1. The van der Waals surface area contributed by atoms with Crippen LogP contribution in [0.2, 0.25) is 0 Å². The van der Waals surface area contributed by atoms with E-state index in [1.165, 1.54) is 23.5 Å². The summed E-state index contributed by atoms with van der Waals surface area (Å²) in [5.74, 6) is 1.02. The first-order valence-electron chi connectivity index (χ1n) is 10.4. The number of fused-ring (bicyclic) bond motifs is 2. The van der Waals surface area contributed by atoms with Crippen molar-refractivity contribution in [2.45, 2.75) is 26.4 Å². The molecule has 0 fully saturated rings. The number of amides is 1. The molecule has 0 saturated carbocycles. The van der Waals surface area contributed by atoms with Crippen LogP contribution in [-0.2, 0) is 6.54 Å². The van der Waals surface area contributed by atoms with Crippen LogP contribution in [0.3, 0.4) is 0 Å². The van der Waals surface area contributed by atoms with Gasteiger partial charge in [0.25, 0.3) is 5.91 Å². The molecule has 0 unspecified atom stereocenters. The molecule has 1 N–H and O–H groups in total. The van der Waals surface area contributed by atoms with Crippen LogP contribution >= 0.6 is 11.3 Å². The Bertz CT molecular complexity index is 1300. The normalized spacial score (nSPS) is 13.8. The number of aryl methyl sites for hydroxylation is 1. The van der Waals surface area contributed by atoms with E-state index in [1.807, 2.05) is 42.8 Å². The molecular weight excluding hydrogens is 429 g/mol. The van der Waals surface area contributed by atoms with E-state index >= 15 is 0 Å². The van der Waals surface area contributed by atoms with Crippen LogP contribution in [0.25, 0.3) is 10.2 Å². The summed E-state index contributed by atoms with van der Waals surface area (Å²) in [6, 6.07) is 13.8. The third kappa shape index (κ3) is 3.93. The minimum Gasteiger partial charge on any atom is -0.486 e. The topological polar surface area (TPSA) is 65.4 Å². The monoisotopic (exact) mass is 451 g/mol. The molecule has 164 valence electrons. The van der Waals surface area contributed by atoms with Crippen LogP contribution in [-0.4, -0.2) is 28.9 Å². The van der Waals surface area contributed by atoms with E-state index in [2.05, 4.69) is 10.4 Å². The van der Waals surface area contributed by atoms with Gasteiger partial charge in [-0.3, -0.25) is 9.48 Å². The van der Waals surface area contributed by atoms with Gasteiger partial charge in [-0.15, -0.1) is 11.3 Å². The first-order valence-corrected chi connectivity index (χ1v) is 11.2. The minimum absolute atomic E-state index is 0.138. The molecule has 0 aliphatic carbocycles. The molecule has 0 radical (unpaired) electrons. The van der Waals surface area contributed by atoms with Gasteiger partial charge < -0.3 is 14.8 Å². The maximum Gasteiger partial charge on any atom is 0.261 e. The molecule has 0 bridgehead atoms. The van der Waals surface area contributed by atoms with Gasteiger partial charge in [-0.05, 0) is 55.3 Å². The highest BCUT2D eigenvalue weighted by Crippen LogP contribution is 2.33. The molecule has 1 amide bonds. The predicted molar refractivity (Wildman–Crippen MR) is 121 cm³/mol. The van der Waals surface area contributed by atoms with E-state index in [0.717, 1.165) is 32.8 Å². The number of ether oxygens (including phenoxy) is 2. The van der Waals surface area contributed by atoms with Gasteiger partial charge in [-0.25, -0.2) is 4.39 Å². The highest BCUT2D eigenvalue weighted by molar-refractivity contribution is 7.20. The minimum atomic E-state index is -0.266. The molecule has 32 heavy (non-hydrogen) atoms. The summed E-state index contributed by atoms with van der Waals surface area (Å²) < 4.78 is 26.3. The van der Waals surface area contributed by atoms with Crippen LogP contribution in [0.1, 0.15) is 39.5 Å². The Morgan fingerprint density at radius 2 is 1.91 bits per heavy atom. The number of thiophene rings is 1. The average Bonchev–Trinajstić information content (AvgIpc) is 3.36. The van der Waals surface area contributed by atoms with Crippen molar-refractivity contribution < 1.29 is 18.7 Å². The van der Waals surface area contributed by atoms with Crippen molar-refractivity contribution in [1.82, 2.24) is 15.1 Å². The maximum atomic E-state index is 13.2. The highest BCUT2D eigenvalue weighted by Gasteiger charge is 2.20. The second kappa shape index (κ2) is 8.27. The number of nitrogens with zero attached hydrogens (tertiary/aromatic N) is 2. The Morgan fingerprint density at radius 1 is 1.16 bits per heavy atom. The van der Waals surface area contributed by atoms with E-state index in [0.29, 0.717) is 30.4 Å². The fraction of sp³-hybridized carbons (Fsp3) is 0.250. The van der Waals surface area contributed by atoms with Crippen molar-refractivity contribution >= 4 is 27.5 Å². The maximum absolute atomic E-state index is 13.2. The largest absolute Gasteiger partial charge is 0.486 e. The van der Waals surface area contributed by atoms with Crippen molar-refractivity contribution in [2.24, 2.45) is 0 Å². The first kappa shape index (κ1) is 20.5. The fourth-order valence-electron chi connectivity index (χ4n) is 3.77. The number of hydrogen-bond acceptors (Lipinski definition) is 5. The summed E-state index contributed by atoms with van der Waals surface area (Å²) >= 11 is 1.40. The Balaban J connectivity index is 1.35. The quantitative estimate of drug-likeness (QED) is 0.471. The Morgan fingerprint density at radius 3 is 2.69 bits per heavy atom. The molecule has 4 aromatic rings. The second-order valence-electron chi connectivity index (χ2n) is 7.80. The van der Waals surface area contributed by atoms with Crippen molar-refractivity contribution in [3.8, 4) is 11.5 Å². The van der Waals surface area contributed by atoms with Crippen LogP contribution < -0.4 is 14.8 Å². The molecular formula is C24H22FN3O3S. The number of halogens is 1. The van der Waals surface area contributed by atoms with E-state index < -0.39 is 0 Å². The molecule has 2 aromatic carbocycles. The van der Waals surface area contributed by atoms with Gasteiger partial charge in [0.15, 0.2) is 11.5 Å². The molecule has 0 saturated heterocycles. The Kier molecular flexibility index (Phi) is 5.30. The van der Waals surface area contributed by atoms with Crippen molar-refractivity contribution in [1.29, 1.82) is 0 Å². The van der Waals surface area contributed by atoms with Gasteiger partial charge in [-0.2, -0.15) is 5.10 Å². The number of carbonyl (C=O) groups excluding carboxylic acids is 1. The van der Waals surface area contributed by atoms with Gasteiger partial charge in [0, 0.05) is 5.39 Å². The lowest BCUT2D eigenvalue weighted by atomic mass is 10.1. The molecule has 1 aliphatic heterocycles. The number of carbonyl (C=O) groups is 1. The summed E-state index contributed by atoms with van der Waals surface area (Å²) in [5, 5.41) is 8.61. The molecule has 0 spiro atoms. The summed E-state index contributed by atoms with van der Waals surface area (Å²) in [6.45, 7) is 5.45. The van der Waals surface area contributed by atoms with E-state index in [1.54, 1.807) is 12.1 Å². The van der Waals surface area contributed by atoms with Crippen molar-refractivity contribution in [2.75, 3.05) is 13.2 Å². The van der Waals surface area contributed by atoms with Crippen LogP contribution in [0, 0.1) is 12.7 Å². The number of aromatic nitrogens is 2. The molecule has 1 aliphatic rings. The van der Waals surface area contributed by atoms with Crippen LogP contribution in [0.15, 0.2) is 48.5 Å².